The average molecular weight is 393 g/mol. The number of hydrogen-bond acceptors (Lipinski definition) is 5. The molecule has 0 fully saturated rings. The molecule has 0 bridgehead atoms. The maximum Gasteiger partial charge on any atom is 0.338 e. The van der Waals surface area contributed by atoms with Gasteiger partial charge in [0.05, 0.1) is 12.2 Å². The van der Waals surface area contributed by atoms with Crippen LogP contribution in [0.5, 0.6) is 0 Å². The number of benzene rings is 1. The molecule has 1 N–H and O–H groups in total. The van der Waals surface area contributed by atoms with E-state index < -0.39 is 12.0 Å². The van der Waals surface area contributed by atoms with Gasteiger partial charge in [-0.1, -0.05) is 29.3 Å². The van der Waals surface area contributed by atoms with Crippen LogP contribution in [0.4, 0.5) is 0 Å². The number of amidine groups is 1. The molecule has 0 radical (unpaired) electrons. The number of allylic oxidation sites excluding steroid dienone is 1. The highest BCUT2D eigenvalue weighted by atomic mass is 35.5. The first-order valence-corrected chi connectivity index (χ1v) is 8.83. The third kappa shape index (κ3) is 3.48. The van der Waals surface area contributed by atoms with E-state index in [1.165, 1.54) is 0 Å². The Bertz CT molecular complexity index is 918. The van der Waals surface area contributed by atoms with Gasteiger partial charge in [0, 0.05) is 40.7 Å². The molecule has 0 aliphatic carbocycles. The van der Waals surface area contributed by atoms with E-state index in [1.54, 1.807) is 38.2 Å². The lowest BCUT2D eigenvalue weighted by Crippen LogP contribution is -2.34. The summed E-state index contributed by atoms with van der Waals surface area (Å²) in [6.07, 6.45) is 3.51. The lowest BCUT2D eigenvalue weighted by atomic mass is 9.96. The summed E-state index contributed by atoms with van der Waals surface area (Å²) in [6, 6.07) is 4.51. The minimum Gasteiger partial charge on any atom is -0.463 e. The van der Waals surface area contributed by atoms with Gasteiger partial charge < -0.3 is 14.6 Å². The van der Waals surface area contributed by atoms with Gasteiger partial charge in [-0.25, -0.2) is 9.78 Å². The van der Waals surface area contributed by atoms with Crippen molar-refractivity contribution in [2.45, 2.75) is 19.9 Å². The van der Waals surface area contributed by atoms with Gasteiger partial charge in [0.15, 0.2) is 11.7 Å². The summed E-state index contributed by atoms with van der Waals surface area (Å²) >= 11 is 12.4. The van der Waals surface area contributed by atoms with Crippen molar-refractivity contribution < 1.29 is 9.53 Å². The van der Waals surface area contributed by atoms with Crippen LogP contribution in [-0.2, 0) is 16.6 Å². The molecule has 1 aliphatic heterocycles. The van der Waals surface area contributed by atoms with Crippen LogP contribution in [0.2, 0.25) is 10.0 Å². The number of carbonyl (C=O) groups is 1. The van der Waals surface area contributed by atoms with Gasteiger partial charge in [-0.15, -0.1) is 0 Å². The normalized spacial score (nSPS) is 17.0. The van der Waals surface area contributed by atoms with E-state index in [4.69, 9.17) is 32.9 Å². The monoisotopic (exact) mass is 392 g/mol. The molecule has 1 unspecified atom stereocenters. The lowest BCUT2D eigenvalue weighted by Gasteiger charge is -2.26. The smallest absolute Gasteiger partial charge is 0.338 e. The van der Waals surface area contributed by atoms with Gasteiger partial charge in [0.2, 0.25) is 0 Å². The van der Waals surface area contributed by atoms with Crippen molar-refractivity contribution >= 4 is 35.0 Å². The van der Waals surface area contributed by atoms with E-state index >= 15 is 0 Å². The number of hydrogen-bond donors (Lipinski definition) is 1. The summed E-state index contributed by atoms with van der Waals surface area (Å²) in [6.45, 7) is 3.84. The van der Waals surface area contributed by atoms with Crippen LogP contribution >= 0.6 is 23.2 Å². The number of halogens is 2. The van der Waals surface area contributed by atoms with E-state index in [0.717, 1.165) is 0 Å². The standard InChI is InChI=1S/C18H18Cl2N4O2/c1-4-26-18(25)14-10(2)22-16(17-21-7-8-24(17)3)23-15(14)12-6-5-11(19)9-13(12)20/h5-9,15H,4H2,1-3H3,(H,22,23). The van der Waals surface area contributed by atoms with Crippen molar-refractivity contribution in [3.05, 3.63) is 63.3 Å². The number of nitrogens with zero attached hydrogens (tertiary/aromatic N) is 3. The van der Waals surface area contributed by atoms with Crippen molar-refractivity contribution in [2.75, 3.05) is 6.61 Å². The second kappa shape index (κ2) is 7.51. The summed E-state index contributed by atoms with van der Waals surface area (Å²) < 4.78 is 7.06. The third-order valence-electron chi connectivity index (χ3n) is 4.03. The molecule has 0 saturated heterocycles. The van der Waals surface area contributed by atoms with Gasteiger partial charge in [-0.05, 0) is 26.0 Å². The van der Waals surface area contributed by atoms with E-state index in [9.17, 15) is 4.79 Å². The van der Waals surface area contributed by atoms with Gasteiger partial charge in [0.25, 0.3) is 0 Å². The minimum atomic E-state index is -0.619. The van der Waals surface area contributed by atoms with Crippen LogP contribution < -0.4 is 5.32 Å². The summed E-state index contributed by atoms with van der Waals surface area (Å²) in [5.41, 5.74) is 1.73. The lowest BCUT2D eigenvalue weighted by molar-refractivity contribution is -0.138. The molecule has 8 heteroatoms. The molecule has 2 heterocycles. The summed E-state index contributed by atoms with van der Waals surface area (Å²) in [5, 5.41) is 4.10. The van der Waals surface area contributed by atoms with Crippen molar-refractivity contribution in [3.63, 3.8) is 0 Å². The summed E-state index contributed by atoms with van der Waals surface area (Å²) in [4.78, 5) is 21.6. The van der Waals surface area contributed by atoms with Gasteiger partial charge in [-0.2, -0.15) is 0 Å². The third-order valence-corrected chi connectivity index (χ3v) is 4.59. The molecule has 1 aromatic heterocycles. The quantitative estimate of drug-likeness (QED) is 0.806. The topological polar surface area (TPSA) is 68.5 Å². The van der Waals surface area contributed by atoms with E-state index in [1.807, 2.05) is 17.8 Å². The number of imidazole rings is 1. The maximum absolute atomic E-state index is 12.6. The molecule has 2 aromatic rings. The number of nitrogens with one attached hydrogen (secondary N) is 1. The van der Waals surface area contributed by atoms with E-state index in [-0.39, 0.29) is 6.61 Å². The predicted molar refractivity (Wildman–Crippen MR) is 101 cm³/mol. The molecule has 6 nitrogen and oxygen atoms in total. The van der Waals surface area contributed by atoms with Gasteiger partial charge in [0.1, 0.15) is 6.04 Å². The van der Waals surface area contributed by atoms with Crippen LogP contribution in [-0.4, -0.2) is 28.0 Å². The Labute approximate surface area is 161 Å². The Kier molecular flexibility index (Phi) is 5.34. The summed E-state index contributed by atoms with van der Waals surface area (Å²) in [7, 11) is 1.87. The molecule has 3 rings (SSSR count). The molecule has 136 valence electrons. The number of carbonyl (C=O) groups excluding carboxylic acids is 1. The van der Waals surface area contributed by atoms with Crippen LogP contribution in [0.3, 0.4) is 0 Å². The molecule has 0 saturated carbocycles. The number of ether oxygens (including phenoxy) is 1. The molecular formula is C18H18Cl2N4O2. The molecule has 0 amide bonds. The zero-order valence-electron chi connectivity index (χ0n) is 14.6. The molecular weight excluding hydrogens is 375 g/mol. The largest absolute Gasteiger partial charge is 0.463 e. The van der Waals surface area contributed by atoms with Crippen molar-refractivity contribution in [3.8, 4) is 0 Å². The number of aromatic nitrogens is 2. The second-order valence-corrected chi connectivity index (χ2v) is 6.64. The van der Waals surface area contributed by atoms with Crippen molar-refractivity contribution in [1.29, 1.82) is 0 Å². The number of esters is 1. The Balaban J connectivity index is 2.14. The van der Waals surface area contributed by atoms with Crippen molar-refractivity contribution in [2.24, 2.45) is 12.0 Å². The van der Waals surface area contributed by atoms with Crippen LogP contribution in [0.15, 0.2) is 46.9 Å². The van der Waals surface area contributed by atoms with Crippen LogP contribution in [0.25, 0.3) is 0 Å². The number of aryl methyl sites for hydroxylation is 1. The zero-order chi connectivity index (χ0) is 18.8. The number of aliphatic imine (C=N–C) groups is 1. The van der Waals surface area contributed by atoms with Crippen molar-refractivity contribution in [1.82, 2.24) is 14.9 Å². The maximum atomic E-state index is 12.6. The van der Waals surface area contributed by atoms with E-state index in [2.05, 4.69) is 10.3 Å². The number of rotatable bonds is 4. The molecule has 26 heavy (non-hydrogen) atoms. The Hall–Kier alpha value is -2.31. The predicted octanol–water partition coefficient (Wildman–Crippen LogP) is 3.66. The fourth-order valence-electron chi connectivity index (χ4n) is 2.81. The first-order chi connectivity index (χ1) is 12.4. The molecule has 1 atom stereocenters. The molecule has 1 aliphatic rings. The highest BCUT2D eigenvalue weighted by molar-refractivity contribution is 6.35. The van der Waals surface area contributed by atoms with Crippen LogP contribution in [0, 0.1) is 0 Å². The van der Waals surface area contributed by atoms with Crippen LogP contribution in [0.1, 0.15) is 31.3 Å². The first-order valence-electron chi connectivity index (χ1n) is 8.07. The van der Waals surface area contributed by atoms with Gasteiger partial charge >= 0.3 is 5.97 Å². The average Bonchev–Trinajstić information content (AvgIpc) is 3.00. The molecule has 1 aromatic carbocycles. The Morgan fingerprint density at radius 2 is 2.15 bits per heavy atom. The Morgan fingerprint density at radius 3 is 2.77 bits per heavy atom. The molecule has 0 spiro atoms. The highest BCUT2D eigenvalue weighted by Crippen LogP contribution is 2.36. The van der Waals surface area contributed by atoms with Gasteiger partial charge in [-0.3, -0.25) is 4.99 Å². The fraction of sp³-hybridized carbons (Fsp3) is 0.278. The Morgan fingerprint density at radius 1 is 1.38 bits per heavy atom. The highest BCUT2D eigenvalue weighted by Gasteiger charge is 2.32. The first kappa shape index (κ1) is 18.5. The zero-order valence-corrected chi connectivity index (χ0v) is 16.1. The second-order valence-electron chi connectivity index (χ2n) is 5.79. The fourth-order valence-corrected chi connectivity index (χ4v) is 3.32. The van der Waals surface area contributed by atoms with E-state index in [0.29, 0.717) is 38.5 Å². The SMILES string of the molecule is CCOC(=O)C1=C(C)NC(c2nccn2C)=NC1c1ccc(Cl)cc1Cl. The minimum absolute atomic E-state index is 0.270. The summed E-state index contributed by atoms with van der Waals surface area (Å²) in [5.74, 6) is 0.776.